The Morgan fingerprint density at radius 1 is 1.22 bits per heavy atom. The predicted molar refractivity (Wildman–Crippen MR) is 145 cm³/mol. The molecule has 0 spiro atoms. The van der Waals surface area contributed by atoms with Gasteiger partial charge in [0.1, 0.15) is 5.69 Å². The molecule has 13 heteroatoms. The molecule has 2 heterocycles. The second kappa shape index (κ2) is 12.2. The van der Waals surface area contributed by atoms with Crippen molar-refractivity contribution in [2.75, 3.05) is 29.4 Å². The minimum absolute atomic E-state index is 0.00650. The van der Waals surface area contributed by atoms with Crippen LogP contribution in [0.4, 0.5) is 16.4 Å². The van der Waals surface area contributed by atoms with E-state index in [0.29, 0.717) is 46.6 Å². The number of sulfonamides is 1. The second-order valence-electron chi connectivity index (χ2n) is 8.80. The van der Waals surface area contributed by atoms with E-state index < -0.39 is 16.1 Å². The molecule has 0 aliphatic rings. The molecule has 3 rings (SSSR count). The van der Waals surface area contributed by atoms with Gasteiger partial charge in [-0.2, -0.15) is 5.10 Å². The summed E-state index contributed by atoms with van der Waals surface area (Å²) < 4.78 is 33.7. The molecule has 37 heavy (non-hydrogen) atoms. The molecule has 3 N–H and O–H groups in total. The third-order valence-electron chi connectivity index (χ3n) is 5.23. The van der Waals surface area contributed by atoms with Gasteiger partial charge in [0.25, 0.3) is 0 Å². The number of benzene rings is 1. The van der Waals surface area contributed by atoms with Crippen LogP contribution < -0.4 is 15.4 Å². The number of methoxy groups -OCH3 is 1. The van der Waals surface area contributed by atoms with Gasteiger partial charge in [-0.3, -0.25) is 9.40 Å². The highest BCUT2D eigenvalue weighted by Gasteiger charge is 2.19. The number of anilines is 2. The molecule has 1 amide bonds. The minimum Gasteiger partial charge on any atom is -0.453 e. The van der Waals surface area contributed by atoms with Crippen molar-refractivity contribution in [3.05, 3.63) is 41.7 Å². The van der Waals surface area contributed by atoms with Gasteiger partial charge in [0.2, 0.25) is 16.0 Å². The molecule has 2 aromatic heterocycles. The number of carbonyl (C=O) groups excluding carboxylic acids is 1. The summed E-state index contributed by atoms with van der Waals surface area (Å²) in [5.74, 6) is 0.380. The van der Waals surface area contributed by atoms with Gasteiger partial charge in [-0.25, -0.2) is 23.2 Å². The zero-order valence-electron chi connectivity index (χ0n) is 21.4. The maximum Gasteiger partial charge on any atom is 0.407 e. The fourth-order valence-electron chi connectivity index (χ4n) is 3.49. The summed E-state index contributed by atoms with van der Waals surface area (Å²) >= 11 is 6.37. The monoisotopic (exact) mass is 549 g/mol. The first-order valence-corrected chi connectivity index (χ1v) is 13.9. The van der Waals surface area contributed by atoms with E-state index in [1.807, 2.05) is 31.6 Å². The lowest BCUT2D eigenvalue weighted by molar-refractivity contribution is 0.168. The molecule has 0 saturated carbocycles. The molecule has 11 nitrogen and oxygen atoms in total. The quantitative estimate of drug-likeness (QED) is 0.316. The van der Waals surface area contributed by atoms with Gasteiger partial charge in [-0.15, -0.1) is 0 Å². The summed E-state index contributed by atoms with van der Waals surface area (Å²) in [4.78, 5) is 20.3. The van der Waals surface area contributed by atoms with Crippen LogP contribution in [0.25, 0.3) is 22.5 Å². The Morgan fingerprint density at radius 2 is 1.97 bits per heavy atom. The summed E-state index contributed by atoms with van der Waals surface area (Å²) in [5.41, 5.74) is 2.93. The average molecular weight is 550 g/mol. The van der Waals surface area contributed by atoms with Crippen molar-refractivity contribution in [1.82, 2.24) is 25.1 Å². The van der Waals surface area contributed by atoms with E-state index >= 15 is 0 Å². The molecule has 0 unspecified atom stereocenters. The number of carbonyl (C=O) groups is 1. The number of rotatable bonds is 11. The first-order chi connectivity index (χ1) is 17.5. The Labute approximate surface area is 222 Å². The van der Waals surface area contributed by atoms with E-state index in [0.717, 1.165) is 5.56 Å². The van der Waals surface area contributed by atoms with Crippen molar-refractivity contribution >= 4 is 39.4 Å². The van der Waals surface area contributed by atoms with E-state index in [-0.39, 0.29) is 17.8 Å². The van der Waals surface area contributed by atoms with Crippen molar-refractivity contribution in [2.45, 2.75) is 46.2 Å². The summed E-state index contributed by atoms with van der Waals surface area (Å²) in [7, 11) is -2.19. The van der Waals surface area contributed by atoms with E-state index in [2.05, 4.69) is 30.1 Å². The first-order valence-electron chi connectivity index (χ1n) is 11.8. The Hall–Kier alpha value is -3.38. The molecule has 1 atom stereocenters. The van der Waals surface area contributed by atoms with Gasteiger partial charge in [0.05, 0.1) is 24.2 Å². The predicted octanol–water partition coefficient (Wildman–Crippen LogP) is 4.55. The number of alkyl carbamates (subject to hydrolysis) is 1. The molecular formula is C24H32ClN7O4S. The zero-order valence-corrected chi connectivity index (χ0v) is 23.0. The highest BCUT2D eigenvalue weighted by atomic mass is 35.5. The lowest BCUT2D eigenvalue weighted by Gasteiger charge is -2.14. The van der Waals surface area contributed by atoms with Gasteiger partial charge in [0.15, 0.2) is 0 Å². The molecule has 0 radical (unpaired) electrons. The topological polar surface area (TPSA) is 140 Å². The van der Waals surface area contributed by atoms with Crippen LogP contribution in [0.3, 0.4) is 0 Å². The summed E-state index contributed by atoms with van der Waals surface area (Å²) in [6.45, 7) is 8.02. The smallest absolute Gasteiger partial charge is 0.407 e. The molecule has 0 saturated heterocycles. The first kappa shape index (κ1) is 28.2. The van der Waals surface area contributed by atoms with Crippen LogP contribution in [0.1, 0.15) is 40.2 Å². The number of hydrogen-bond acceptors (Lipinski definition) is 8. The van der Waals surface area contributed by atoms with Gasteiger partial charge in [-0.1, -0.05) is 18.5 Å². The zero-order chi connectivity index (χ0) is 27.2. The second-order valence-corrected chi connectivity index (χ2v) is 11.1. The molecule has 1 aromatic carbocycles. The maximum absolute atomic E-state index is 12.3. The van der Waals surface area contributed by atoms with Crippen molar-refractivity contribution in [3.63, 3.8) is 0 Å². The highest BCUT2D eigenvalue weighted by molar-refractivity contribution is 7.92. The van der Waals surface area contributed by atoms with Gasteiger partial charge >= 0.3 is 6.09 Å². The fraction of sp³-hybridized carbons (Fsp3) is 0.417. The summed E-state index contributed by atoms with van der Waals surface area (Å²) in [5, 5.41) is 10.9. The Morgan fingerprint density at radius 3 is 2.65 bits per heavy atom. The molecule has 0 bridgehead atoms. The third kappa shape index (κ3) is 7.80. The van der Waals surface area contributed by atoms with Crippen LogP contribution in [-0.2, 0) is 14.8 Å². The van der Waals surface area contributed by atoms with E-state index in [1.54, 1.807) is 37.4 Å². The largest absolute Gasteiger partial charge is 0.453 e. The van der Waals surface area contributed by atoms with Crippen molar-refractivity contribution in [2.24, 2.45) is 0 Å². The van der Waals surface area contributed by atoms with Crippen molar-refractivity contribution < 1.29 is 17.9 Å². The van der Waals surface area contributed by atoms with Gasteiger partial charge < -0.3 is 15.4 Å². The van der Waals surface area contributed by atoms with E-state index in [4.69, 9.17) is 16.7 Å². The number of amides is 1. The van der Waals surface area contributed by atoms with Crippen LogP contribution in [0, 0.1) is 0 Å². The maximum atomic E-state index is 12.3. The number of aromatic nitrogens is 4. The third-order valence-corrected chi connectivity index (χ3v) is 6.94. The summed E-state index contributed by atoms with van der Waals surface area (Å²) in [6, 6.07) is 6.61. The van der Waals surface area contributed by atoms with Crippen molar-refractivity contribution in [3.8, 4) is 22.5 Å². The molecule has 0 fully saturated rings. The van der Waals surface area contributed by atoms with Crippen LogP contribution >= 0.6 is 11.6 Å². The minimum atomic E-state index is -3.50. The molecule has 200 valence electrons. The van der Waals surface area contributed by atoms with Crippen LogP contribution in [0.5, 0.6) is 0 Å². The molecular weight excluding hydrogens is 518 g/mol. The Kier molecular flexibility index (Phi) is 9.33. The summed E-state index contributed by atoms with van der Waals surface area (Å²) in [6.07, 6.45) is 3.48. The highest BCUT2D eigenvalue weighted by Crippen LogP contribution is 2.34. The number of hydrogen-bond donors (Lipinski definition) is 3. The van der Waals surface area contributed by atoms with Crippen LogP contribution in [0.2, 0.25) is 5.02 Å². The van der Waals surface area contributed by atoms with Crippen molar-refractivity contribution in [1.29, 1.82) is 0 Å². The number of ether oxygens (including phenoxy) is 1. The normalized spacial score (nSPS) is 12.3. The average Bonchev–Trinajstić information content (AvgIpc) is 3.28. The fourth-order valence-corrected chi connectivity index (χ4v) is 4.84. The lowest BCUT2D eigenvalue weighted by Crippen LogP contribution is -2.37. The molecule has 0 aliphatic carbocycles. The molecule has 0 aliphatic heterocycles. The SMILES string of the molecule is CCCS(=O)(=O)Nc1cc(Cl)cc(-c2nn(C(C)C)cc2-c2ccnc(NC[C@H](C)NC(=O)OC)n2)c1. The van der Waals surface area contributed by atoms with Gasteiger partial charge in [-0.05, 0) is 51.5 Å². The Balaban J connectivity index is 1.96. The van der Waals surface area contributed by atoms with Crippen LogP contribution in [-0.4, -0.2) is 59.7 Å². The Bertz CT molecular complexity index is 1340. The lowest BCUT2D eigenvalue weighted by atomic mass is 10.1. The number of halogens is 1. The van der Waals surface area contributed by atoms with E-state index in [9.17, 15) is 13.2 Å². The van der Waals surface area contributed by atoms with E-state index in [1.165, 1.54) is 7.11 Å². The number of nitrogens with one attached hydrogen (secondary N) is 3. The molecule has 3 aromatic rings. The van der Waals surface area contributed by atoms with Gasteiger partial charge in [0, 0.05) is 47.2 Å². The van der Waals surface area contributed by atoms with Crippen LogP contribution in [0.15, 0.2) is 36.7 Å². The number of nitrogens with zero attached hydrogens (tertiary/aromatic N) is 4. The standard InChI is InChI=1S/C24H32ClN7O4S/c1-6-9-37(34,35)31-19-11-17(10-18(25)12-19)22-20(14-32(30-22)15(2)3)21-7-8-26-23(29-21)27-13-16(4)28-24(33)36-5/h7-8,10-12,14-16,31H,6,9,13H2,1-5H3,(H,28,33)(H,26,27,29)/t16-/m0/s1.